The lowest BCUT2D eigenvalue weighted by Gasteiger charge is -2.22. The van der Waals surface area contributed by atoms with Gasteiger partial charge in [0.2, 0.25) is 0 Å². The molecule has 2 rings (SSSR count). The van der Waals surface area contributed by atoms with Gasteiger partial charge in [-0.15, -0.1) is 0 Å². The van der Waals surface area contributed by atoms with Crippen molar-refractivity contribution in [2.24, 2.45) is 5.92 Å². The minimum atomic E-state index is -1.30. The van der Waals surface area contributed by atoms with Crippen LogP contribution in [0.15, 0.2) is 0 Å². The summed E-state index contributed by atoms with van der Waals surface area (Å²) in [5.41, 5.74) is 0. The van der Waals surface area contributed by atoms with Crippen LogP contribution in [-0.2, 0) is 9.53 Å². The van der Waals surface area contributed by atoms with Gasteiger partial charge in [0.15, 0.2) is 6.04 Å². The molecule has 2 aliphatic rings. The third kappa shape index (κ3) is 3.57. The van der Waals surface area contributed by atoms with Crippen LogP contribution in [0, 0.1) is 5.92 Å². The molecule has 1 heterocycles. The molecule has 7 nitrogen and oxygen atoms in total. The molecule has 7 heteroatoms. The minimum Gasteiger partial charge on any atom is -0.480 e. The average molecular weight is 272 g/mol. The number of hydrogen-bond donors (Lipinski definition) is 4. The maximum Gasteiger partial charge on any atom is 0.328 e. The van der Waals surface area contributed by atoms with Crippen molar-refractivity contribution < 1.29 is 24.5 Å². The molecule has 0 bridgehead atoms. The Morgan fingerprint density at radius 2 is 2.00 bits per heavy atom. The summed E-state index contributed by atoms with van der Waals surface area (Å²) in [6.45, 7) is 1.94. The van der Waals surface area contributed by atoms with E-state index >= 15 is 0 Å². The number of hydrogen-bond acceptors (Lipinski definition) is 4. The van der Waals surface area contributed by atoms with E-state index < -0.39 is 24.1 Å². The maximum atomic E-state index is 11.8. The second-order valence-corrected chi connectivity index (χ2v) is 5.24. The molecule has 1 aliphatic heterocycles. The van der Waals surface area contributed by atoms with Crippen LogP contribution < -0.4 is 10.6 Å². The molecule has 108 valence electrons. The third-order valence-electron chi connectivity index (χ3n) is 3.57. The van der Waals surface area contributed by atoms with Crippen LogP contribution in [0.2, 0.25) is 0 Å². The Bertz CT molecular complexity index is 356. The average Bonchev–Trinajstić information content (AvgIpc) is 3.07. The zero-order valence-electron chi connectivity index (χ0n) is 10.8. The predicted molar refractivity (Wildman–Crippen MR) is 65.6 cm³/mol. The summed E-state index contributed by atoms with van der Waals surface area (Å²) in [6, 6.07) is -1.95. The van der Waals surface area contributed by atoms with E-state index in [0.717, 1.165) is 19.3 Å². The number of amides is 2. The lowest BCUT2D eigenvalue weighted by Crippen LogP contribution is -2.54. The molecule has 0 aromatic heterocycles. The highest BCUT2D eigenvalue weighted by molar-refractivity contribution is 5.83. The van der Waals surface area contributed by atoms with Crippen LogP contribution >= 0.6 is 0 Å². The van der Waals surface area contributed by atoms with Crippen molar-refractivity contribution in [1.82, 2.24) is 10.6 Å². The number of ether oxygens (including phenoxy) is 1. The first kappa shape index (κ1) is 14.1. The number of carboxylic acid groups (broad SMARTS) is 1. The van der Waals surface area contributed by atoms with Gasteiger partial charge < -0.3 is 25.6 Å². The molecule has 0 aromatic carbocycles. The topological polar surface area (TPSA) is 108 Å². The van der Waals surface area contributed by atoms with Gasteiger partial charge in [0.25, 0.3) is 0 Å². The van der Waals surface area contributed by atoms with Gasteiger partial charge in [-0.3, -0.25) is 0 Å². The number of carbonyl (C=O) groups is 2. The largest absolute Gasteiger partial charge is 0.480 e. The normalized spacial score (nSPS) is 29.6. The molecule has 19 heavy (non-hydrogen) atoms. The van der Waals surface area contributed by atoms with Gasteiger partial charge in [0.05, 0.1) is 18.2 Å². The van der Waals surface area contributed by atoms with Crippen LogP contribution in [0.25, 0.3) is 0 Å². The summed E-state index contributed by atoms with van der Waals surface area (Å²) in [7, 11) is 0. The molecular weight excluding hydrogens is 252 g/mol. The maximum absolute atomic E-state index is 11.8. The zero-order valence-corrected chi connectivity index (χ0v) is 10.8. The monoisotopic (exact) mass is 272 g/mol. The summed E-state index contributed by atoms with van der Waals surface area (Å²) in [5.74, 6) is -0.744. The minimum absolute atomic E-state index is 0.0422. The van der Waals surface area contributed by atoms with E-state index in [1.165, 1.54) is 6.92 Å². The van der Waals surface area contributed by atoms with Crippen molar-refractivity contribution in [2.75, 3.05) is 6.61 Å². The molecule has 0 aromatic rings. The Hall–Kier alpha value is -1.34. The number of carbonyl (C=O) groups excluding carboxylic acids is 1. The molecular formula is C12H20N2O5. The van der Waals surface area contributed by atoms with E-state index in [4.69, 9.17) is 9.84 Å². The number of carboxylic acids is 1. The molecule has 2 fully saturated rings. The van der Waals surface area contributed by atoms with Crippen molar-refractivity contribution in [1.29, 1.82) is 0 Å². The molecule has 4 N–H and O–H groups in total. The van der Waals surface area contributed by atoms with Crippen molar-refractivity contribution in [3.63, 3.8) is 0 Å². The fourth-order valence-corrected chi connectivity index (χ4v) is 2.40. The summed E-state index contributed by atoms with van der Waals surface area (Å²) >= 11 is 0. The summed E-state index contributed by atoms with van der Waals surface area (Å²) in [5, 5.41) is 23.2. The fourth-order valence-electron chi connectivity index (χ4n) is 2.40. The number of nitrogens with one attached hydrogen (secondary N) is 2. The highest BCUT2D eigenvalue weighted by Crippen LogP contribution is 2.38. The standard InChI is InChI=1S/C12H20N2O5/c1-6(15)9(11(16)17)14-12(18)13-8-4-5-19-10(8)7-2-3-7/h6-10,15H,2-5H2,1H3,(H,16,17)(H2,13,14,18)/t6-,8?,9+,10?/m1/s1. The number of rotatable bonds is 5. The summed E-state index contributed by atoms with van der Waals surface area (Å²) in [4.78, 5) is 22.6. The molecule has 4 atom stereocenters. The third-order valence-corrected chi connectivity index (χ3v) is 3.57. The first-order chi connectivity index (χ1) is 8.99. The number of urea groups is 1. The van der Waals surface area contributed by atoms with Gasteiger partial charge in [0, 0.05) is 6.61 Å². The lowest BCUT2D eigenvalue weighted by atomic mass is 10.1. The van der Waals surface area contributed by atoms with Crippen molar-refractivity contribution in [2.45, 2.75) is 50.5 Å². The first-order valence-corrected chi connectivity index (χ1v) is 6.58. The van der Waals surface area contributed by atoms with Gasteiger partial charge in [0.1, 0.15) is 0 Å². The molecule has 2 unspecified atom stereocenters. The second kappa shape index (κ2) is 5.75. The van der Waals surface area contributed by atoms with E-state index in [1.807, 2.05) is 0 Å². The number of aliphatic hydroxyl groups is 1. The van der Waals surface area contributed by atoms with Crippen LogP contribution in [-0.4, -0.2) is 53.1 Å². The lowest BCUT2D eigenvalue weighted by molar-refractivity contribution is -0.141. The van der Waals surface area contributed by atoms with E-state index in [1.54, 1.807) is 0 Å². The predicted octanol–water partition coefficient (Wildman–Crippen LogP) is -0.313. The fraction of sp³-hybridized carbons (Fsp3) is 0.833. The van der Waals surface area contributed by atoms with Crippen molar-refractivity contribution in [3.05, 3.63) is 0 Å². The Kier molecular flexibility index (Phi) is 4.26. The van der Waals surface area contributed by atoms with Crippen LogP contribution in [0.3, 0.4) is 0 Å². The molecule has 1 saturated carbocycles. The van der Waals surface area contributed by atoms with E-state index in [0.29, 0.717) is 12.5 Å². The van der Waals surface area contributed by atoms with Gasteiger partial charge >= 0.3 is 12.0 Å². The van der Waals surface area contributed by atoms with Crippen molar-refractivity contribution >= 4 is 12.0 Å². The highest BCUT2D eigenvalue weighted by Gasteiger charge is 2.41. The van der Waals surface area contributed by atoms with Crippen LogP contribution in [0.1, 0.15) is 26.2 Å². The second-order valence-electron chi connectivity index (χ2n) is 5.24. The summed E-state index contributed by atoms with van der Waals surface area (Å²) in [6.07, 6.45) is 1.87. The van der Waals surface area contributed by atoms with Gasteiger partial charge in [-0.25, -0.2) is 9.59 Å². The Morgan fingerprint density at radius 1 is 1.32 bits per heavy atom. The summed E-state index contributed by atoms with van der Waals surface area (Å²) < 4.78 is 5.58. The molecule has 2 amide bonds. The van der Waals surface area contributed by atoms with Gasteiger partial charge in [-0.1, -0.05) is 0 Å². The Labute approximate surface area is 111 Å². The van der Waals surface area contributed by atoms with Crippen LogP contribution in [0.4, 0.5) is 4.79 Å². The molecule has 1 saturated heterocycles. The zero-order chi connectivity index (χ0) is 14.0. The molecule has 0 spiro atoms. The van der Waals surface area contributed by atoms with Gasteiger partial charge in [-0.05, 0) is 32.1 Å². The van der Waals surface area contributed by atoms with E-state index in [-0.39, 0.29) is 12.1 Å². The quantitative estimate of drug-likeness (QED) is 0.549. The SMILES string of the molecule is C[C@@H](O)[C@H](NC(=O)NC1CCOC1C1CC1)C(=O)O. The number of aliphatic hydroxyl groups excluding tert-OH is 1. The Morgan fingerprint density at radius 3 is 2.53 bits per heavy atom. The van der Waals surface area contributed by atoms with Crippen LogP contribution in [0.5, 0.6) is 0 Å². The first-order valence-electron chi connectivity index (χ1n) is 6.58. The molecule has 0 radical (unpaired) electrons. The smallest absolute Gasteiger partial charge is 0.328 e. The highest BCUT2D eigenvalue weighted by atomic mass is 16.5. The van der Waals surface area contributed by atoms with Gasteiger partial charge in [-0.2, -0.15) is 0 Å². The van der Waals surface area contributed by atoms with Crippen molar-refractivity contribution in [3.8, 4) is 0 Å². The molecule has 1 aliphatic carbocycles. The van der Waals surface area contributed by atoms with E-state index in [2.05, 4.69) is 10.6 Å². The Balaban J connectivity index is 1.84. The van der Waals surface area contributed by atoms with E-state index in [9.17, 15) is 14.7 Å². The number of aliphatic carboxylic acids is 1.